The predicted molar refractivity (Wildman–Crippen MR) is 64.5 cm³/mol. The first-order chi connectivity index (χ1) is 8.36. The Kier molecular flexibility index (Phi) is 6.12. The highest BCUT2D eigenvalue weighted by Crippen LogP contribution is 2.11. The molecule has 0 amide bonds. The lowest BCUT2D eigenvalue weighted by Crippen LogP contribution is -2.01. The minimum Gasteiger partial charge on any atom is -0.491 e. The highest BCUT2D eigenvalue weighted by atomic mass is 16.5. The van der Waals surface area contributed by atoms with Gasteiger partial charge in [-0.2, -0.15) is 0 Å². The van der Waals surface area contributed by atoms with Crippen LogP contribution in [0.15, 0.2) is 29.4 Å². The van der Waals surface area contributed by atoms with Crippen LogP contribution in [0.4, 0.5) is 0 Å². The van der Waals surface area contributed by atoms with Gasteiger partial charge in [-0.05, 0) is 29.8 Å². The number of benzene rings is 1. The van der Waals surface area contributed by atoms with Crippen molar-refractivity contribution in [2.75, 3.05) is 19.8 Å². The van der Waals surface area contributed by atoms with Crippen LogP contribution < -0.4 is 4.74 Å². The molecule has 5 nitrogen and oxygen atoms in total. The van der Waals surface area contributed by atoms with Crippen LogP contribution in [0, 0.1) is 11.8 Å². The number of ether oxygens (including phenoxy) is 1. The van der Waals surface area contributed by atoms with E-state index in [0.29, 0.717) is 18.7 Å². The number of nitrogens with zero attached hydrogens (tertiary/aromatic N) is 3. The molecule has 88 valence electrons. The van der Waals surface area contributed by atoms with Gasteiger partial charge < -0.3 is 9.84 Å². The third-order valence-electron chi connectivity index (χ3n) is 1.85. The highest BCUT2D eigenvalue weighted by Gasteiger charge is 1.92. The molecule has 0 saturated heterocycles. The third-order valence-corrected chi connectivity index (χ3v) is 1.85. The molecule has 1 N–H and O–H groups in total. The molecular formula is C12H13N3O2. The number of aliphatic hydroxyl groups excluding tert-OH is 1. The standard InChI is InChI=1S/C12H13N3O2/c13-15-14-8-2-1-3-11-4-6-12(7-5-11)17-10-9-16/h4-7,16H,2,8-10H2. The molecule has 0 aliphatic carbocycles. The largest absolute Gasteiger partial charge is 0.491 e. The zero-order valence-corrected chi connectivity index (χ0v) is 9.33. The Labute approximate surface area is 99.7 Å². The number of aliphatic hydroxyl groups is 1. The van der Waals surface area contributed by atoms with Gasteiger partial charge in [0.1, 0.15) is 12.4 Å². The monoisotopic (exact) mass is 231 g/mol. The van der Waals surface area contributed by atoms with Crippen molar-refractivity contribution < 1.29 is 9.84 Å². The van der Waals surface area contributed by atoms with Crippen LogP contribution in [-0.4, -0.2) is 24.9 Å². The molecule has 0 unspecified atom stereocenters. The van der Waals surface area contributed by atoms with E-state index < -0.39 is 0 Å². The van der Waals surface area contributed by atoms with Gasteiger partial charge in [0, 0.05) is 23.4 Å². The Bertz CT molecular complexity index is 439. The van der Waals surface area contributed by atoms with E-state index in [2.05, 4.69) is 21.9 Å². The van der Waals surface area contributed by atoms with Crippen LogP contribution >= 0.6 is 0 Å². The zero-order valence-electron chi connectivity index (χ0n) is 9.33. The first-order valence-electron chi connectivity index (χ1n) is 5.20. The second kappa shape index (κ2) is 8.05. The van der Waals surface area contributed by atoms with Gasteiger partial charge in [0.15, 0.2) is 0 Å². The van der Waals surface area contributed by atoms with Crippen molar-refractivity contribution >= 4 is 0 Å². The van der Waals surface area contributed by atoms with Gasteiger partial charge in [-0.3, -0.25) is 0 Å². The zero-order chi connectivity index (χ0) is 12.3. The second-order valence-corrected chi connectivity index (χ2v) is 3.10. The fourth-order valence-corrected chi connectivity index (χ4v) is 1.11. The average molecular weight is 231 g/mol. The van der Waals surface area contributed by atoms with Crippen molar-refractivity contribution in [2.24, 2.45) is 5.11 Å². The first kappa shape index (κ1) is 12.9. The van der Waals surface area contributed by atoms with E-state index >= 15 is 0 Å². The maximum absolute atomic E-state index is 8.59. The van der Waals surface area contributed by atoms with Crippen LogP contribution in [0.2, 0.25) is 0 Å². The normalized spacial score (nSPS) is 8.76. The van der Waals surface area contributed by atoms with E-state index in [1.807, 2.05) is 12.1 Å². The number of hydrogen-bond donors (Lipinski definition) is 1. The summed E-state index contributed by atoms with van der Waals surface area (Å²) in [5.41, 5.74) is 8.94. The van der Waals surface area contributed by atoms with Crippen LogP contribution in [0.3, 0.4) is 0 Å². The van der Waals surface area contributed by atoms with Crippen molar-refractivity contribution in [3.05, 3.63) is 40.3 Å². The molecule has 0 atom stereocenters. The van der Waals surface area contributed by atoms with Crippen molar-refractivity contribution in [2.45, 2.75) is 6.42 Å². The molecule has 0 aromatic heterocycles. The minimum absolute atomic E-state index is 0.000960. The number of hydrogen-bond acceptors (Lipinski definition) is 3. The third kappa shape index (κ3) is 5.47. The summed E-state index contributed by atoms with van der Waals surface area (Å²) < 4.78 is 5.21. The summed E-state index contributed by atoms with van der Waals surface area (Å²) in [4.78, 5) is 2.64. The molecule has 1 rings (SSSR count). The maximum atomic E-state index is 8.59. The molecule has 17 heavy (non-hydrogen) atoms. The van der Waals surface area contributed by atoms with Gasteiger partial charge in [0.2, 0.25) is 0 Å². The molecular weight excluding hydrogens is 218 g/mol. The molecule has 5 heteroatoms. The smallest absolute Gasteiger partial charge is 0.119 e. The van der Waals surface area contributed by atoms with E-state index in [-0.39, 0.29) is 13.2 Å². The van der Waals surface area contributed by atoms with E-state index in [9.17, 15) is 0 Å². The summed E-state index contributed by atoms with van der Waals surface area (Å²) in [7, 11) is 0. The maximum Gasteiger partial charge on any atom is 0.119 e. The predicted octanol–water partition coefficient (Wildman–Crippen LogP) is 2.11. The SMILES string of the molecule is [N-]=[N+]=NCCC#Cc1ccc(OCCO)cc1. The van der Waals surface area contributed by atoms with E-state index in [4.69, 9.17) is 15.4 Å². The van der Waals surface area contributed by atoms with Crippen LogP contribution in [0.25, 0.3) is 10.4 Å². The Balaban J connectivity index is 2.46. The van der Waals surface area contributed by atoms with Gasteiger partial charge in [0.25, 0.3) is 0 Å². The number of rotatable bonds is 5. The second-order valence-electron chi connectivity index (χ2n) is 3.10. The van der Waals surface area contributed by atoms with Crippen LogP contribution in [0.1, 0.15) is 12.0 Å². The molecule has 0 spiro atoms. The Hall–Kier alpha value is -2.15. The molecule has 0 aliphatic rings. The molecule has 0 saturated carbocycles. The highest BCUT2D eigenvalue weighted by molar-refractivity contribution is 5.38. The molecule has 0 aliphatic heterocycles. The van der Waals surface area contributed by atoms with Crippen molar-refractivity contribution in [3.8, 4) is 17.6 Å². The van der Waals surface area contributed by atoms with Crippen molar-refractivity contribution in [3.63, 3.8) is 0 Å². The van der Waals surface area contributed by atoms with Gasteiger partial charge in [-0.1, -0.05) is 17.0 Å². The lowest BCUT2D eigenvalue weighted by atomic mass is 10.2. The molecule has 0 radical (unpaired) electrons. The molecule has 1 aromatic carbocycles. The van der Waals surface area contributed by atoms with Crippen molar-refractivity contribution in [1.82, 2.24) is 0 Å². The Morgan fingerprint density at radius 1 is 1.35 bits per heavy atom. The van der Waals surface area contributed by atoms with Crippen LogP contribution in [0.5, 0.6) is 5.75 Å². The summed E-state index contributed by atoms with van der Waals surface area (Å²) in [6, 6.07) is 7.28. The van der Waals surface area contributed by atoms with Gasteiger partial charge in [-0.15, -0.1) is 0 Å². The molecule has 0 heterocycles. The minimum atomic E-state index is 0.000960. The lowest BCUT2D eigenvalue weighted by molar-refractivity contribution is 0.201. The summed E-state index contributed by atoms with van der Waals surface area (Å²) in [6.07, 6.45) is 0.548. The Morgan fingerprint density at radius 2 is 2.12 bits per heavy atom. The Morgan fingerprint density at radius 3 is 2.76 bits per heavy atom. The van der Waals surface area contributed by atoms with Crippen molar-refractivity contribution in [1.29, 1.82) is 0 Å². The summed E-state index contributed by atoms with van der Waals surface area (Å²) in [5, 5.41) is 12.0. The molecule has 0 fully saturated rings. The van der Waals surface area contributed by atoms with Crippen LogP contribution in [-0.2, 0) is 0 Å². The quantitative estimate of drug-likeness (QED) is 0.277. The molecule has 0 bridgehead atoms. The lowest BCUT2D eigenvalue weighted by Gasteiger charge is -2.02. The summed E-state index contributed by atoms with van der Waals surface area (Å²) in [5.74, 6) is 6.56. The topological polar surface area (TPSA) is 78.2 Å². The van der Waals surface area contributed by atoms with Gasteiger partial charge in [-0.25, -0.2) is 0 Å². The van der Waals surface area contributed by atoms with E-state index in [1.54, 1.807) is 12.1 Å². The van der Waals surface area contributed by atoms with Gasteiger partial charge in [0.05, 0.1) is 6.61 Å². The fraction of sp³-hybridized carbons (Fsp3) is 0.333. The average Bonchev–Trinajstić information content (AvgIpc) is 2.37. The van der Waals surface area contributed by atoms with E-state index in [1.165, 1.54) is 0 Å². The fourth-order valence-electron chi connectivity index (χ4n) is 1.11. The molecule has 1 aromatic rings. The van der Waals surface area contributed by atoms with E-state index in [0.717, 1.165) is 5.56 Å². The first-order valence-corrected chi connectivity index (χ1v) is 5.20. The number of azide groups is 1. The summed E-state index contributed by atoms with van der Waals surface area (Å²) >= 11 is 0. The van der Waals surface area contributed by atoms with Gasteiger partial charge >= 0.3 is 0 Å². The summed E-state index contributed by atoms with van der Waals surface area (Å²) in [6.45, 7) is 0.680.